The largest absolute Gasteiger partial charge is 0.381 e. The Bertz CT molecular complexity index is 800. The summed E-state index contributed by atoms with van der Waals surface area (Å²) in [6.07, 6.45) is 2.41. The van der Waals surface area contributed by atoms with Crippen LogP contribution in [0.15, 0.2) is 18.2 Å². The number of rotatable bonds is 3. The topological polar surface area (TPSA) is 108 Å². The van der Waals surface area contributed by atoms with Crippen LogP contribution in [0.25, 0.3) is 0 Å². The molecule has 3 aliphatic heterocycles. The molecule has 2 saturated heterocycles. The Morgan fingerprint density at radius 1 is 1.04 bits per heavy atom. The third kappa shape index (κ3) is 2.86. The maximum atomic E-state index is 12.8. The molecular formula is C18H20N4O4. The van der Waals surface area contributed by atoms with E-state index in [1.165, 1.54) is 0 Å². The predicted molar refractivity (Wildman–Crippen MR) is 92.6 cm³/mol. The Balaban J connectivity index is 1.56. The zero-order valence-electron chi connectivity index (χ0n) is 14.2. The van der Waals surface area contributed by atoms with Crippen molar-refractivity contribution in [2.45, 2.75) is 37.8 Å². The van der Waals surface area contributed by atoms with Crippen LogP contribution in [0.5, 0.6) is 0 Å². The molecule has 0 bridgehead atoms. The third-order valence-corrected chi connectivity index (χ3v) is 5.11. The molecule has 3 heterocycles. The van der Waals surface area contributed by atoms with E-state index in [-0.39, 0.29) is 24.8 Å². The van der Waals surface area contributed by atoms with Crippen LogP contribution in [0.4, 0.5) is 5.69 Å². The van der Waals surface area contributed by atoms with E-state index in [1.807, 2.05) is 0 Å². The van der Waals surface area contributed by atoms with E-state index in [0.29, 0.717) is 11.1 Å². The first-order valence-electron chi connectivity index (χ1n) is 8.87. The van der Waals surface area contributed by atoms with Crippen LogP contribution in [-0.2, 0) is 9.59 Å². The Hall–Kier alpha value is -2.74. The third-order valence-electron chi connectivity index (χ3n) is 5.11. The molecule has 2 atom stereocenters. The Labute approximate surface area is 150 Å². The van der Waals surface area contributed by atoms with E-state index in [1.54, 1.807) is 18.2 Å². The molecule has 2 fully saturated rings. The highest BCUT2D eigenvalue weighted by atomic mass is 16.2. The highest BCUT2D eigenvalue weighted by molar-refractivity contribution is 6.23. The van der Waals surface area contributed by atoms with Gasteiger partial charge in [-0.25, -0.2) is 0 Å². The number of imide groups is 2. The molecule has 8 nitrogen and oxygen atoms in total. The fraction of sp³-hybridized carbons (Fsp3) is 0.444. The fourth-order valence-electron chi connectivity index (χ4n) is 3.77. The zero-order valence-corrected chi connectivity index (χ0v) is 14.2. The van der Waals surface area contributed by atoms with Crippen molar-refractivity contribution >= 4 is 29.3 Å². The number of amides is 4. The molecule has 3 N–H and O–H groups in total. The van der Waals surface area contributed by atoms with E-state index in [0.717, 1.165) is 36.5 Å². The lowest BCUT2D eigenvalue weighted by Crippen LogP contribution is -2.54. The number of carbonyl (C=O) groups excluding carboxylic acids is 4. The van der Waals surface area contributed by atoms with E-state index in [9.17, 15) is 19.2 Å². The number of fused-ring (bicyclic) bond motifs is 1. The molecule has 0 saturated carbocycles. The fourth-order valence-corrected chi connectivity index (χ4v) is 3.77. The van der Waals surface area contributed by atoms with Crippen molar-refractivity contribution in [3.63, 3.8) is 0 Å². The smallest absolute Gasteiger partial charge is 0.262 e. The van der Waals surface area contributed by atoms with Gasteiger partial charge in [-0.05, 0) is 44.0 Å². The second kappa shape index (κ2) is 6.53. The summed E-state index contributed by atoms with van der Waals surface area (Å²) >= 11 is 0. The molecule has 3 aliphatic rings. The summed E-state index contributed by atoms with van der Waals surface area (Å²) in [5, 5.41) is 8.90. The standard InChI is InChI=1S/C18H20N4O4/c23-15-6-5-14(16(24)21-15)22-17(25)12-4-3-10(8-13(12)18(22)26)20-11-2-1-7-19-9-11/h3-4,8,11,14,19-20H,1-2,5-7,9H2,(H,21,23,24)/t11-,14?/m1/s1. The molecule has 1 aromatic rings. The van der Waals surface area contributed by atoms with Crippen molar-refractivity contribution in [2.75, 3.05) is 18.4 Å². The van der Waals surface area contributed by atoms with E-state index >= 15 is 0 Å². The first kappa shape index (κ1) is 16.7. The number of carbonyl (C=O) groups is 4. The summed E-state index contributed by atoms with van der Waals surface area (Å²) in [4.78, 5) is 49.8. The Morgan fingerprint density at radius 3 is 2.58 bits per heavy atom. The molecule has 136 valence electrons. The minimum Gasteiger partial charge on any atom is -0.381 e. The molecule has 1 unspecified atom stereocenters. The molecule has 0 radical (unpaired) electrons. The van der Waals surface area contributed by atoms with Gasteiger partial charge in [0.25, 0.3) is 11.8 Å². The summed E-state index contributed by atoms with van der Waals surface area (Å²) in [6, 6.07) is 4.43. The maximum Gasteiger partial charge on any atom is 0.262 e. The molecule has 0 spiro atoms. The summed E-state index contributed by atoms with van der Waals surface area (Å²) in [5.41, 5.74) is 1.38. The molecule has 26 heavy (non-hydrogen) atoms. The van der Waals surface area contributed by atoms with Gasteiger partial charge >= 0.3 is 0 Å². The van der Waals surface area contributed by atoms with Crippen LogP contribution in [0, 0.1) is 0 Å². The zero-order chi connectivity index (χ0) is 18.3. The van der Waals surface area contributed by atoms with Crippen molar-refractivity contribution in [3.05, 3.63) is 29.3 Å². The summed E-state index contributed by atoms with van der Waals surface area (Å²) < 4.78 is 0. The van der Waals surface area contributed by atoms with Crippen LogP contribution < -0.4 is 16.0 Å². The second-order valence-corrected chi connectivity index (χ2v) is 6.90. The first-order valence-corrected chi connectivity index (χ1v) is 8.87. The average Bonchev–Trinajstić information content (AvgIpc) is 2.87. The van der Waals surface area contributed by atoms with Crippen LogP contribution >= 0.6 is 0 Å². The van der Waals surface area contributed by atoms with Gasteiger partial charge in [0.15, 0.2) is 0 Å². The van der Waals surface area contributed by atoms with Gasteiger partial charge in [0.2, 0.25) is 11.8 Å². The van der Waals surface area contributed by atoms with Gasteiger partial charge in [0.05, 0.1) is 11.1 Å². The molecular weight excluding hydrogens is 336 g/mol. The normalized spacial score (nSPS) is 25.9. The first-order chi connectivity index (χ1) is 12.5. The van der Waals surface area contributed by atoms with Crippen LogP contribution in [0.1, 0.15) is 46.4 Å². The summed E-state index contributed by atoms with van der Waals surface area (Å²) in [6.45, 7) is 1.86. The monoisotopic (exact) mass is 356 g/mol. The second-order valence-electron chi connectivity index (χ2n) is 6.90. The van der Waals surface area contributed by atoms with E-state index in [4.69, 9.17) is 0 Å². The van der Waals surface area contributed by atoms with Crippen LogP contribution in [-0.4, -0.2) is 53.7 Å². The molecule has 0 aromatic heterocycles. The van der Waals surface area contributed by atoms with Crippen LogP contribution in [0.3, 0.4) is 0 Å². The Morgan fingerprint density at radius 2 is 1.85 bits per heavy atom. The minimum atomic E-state index is -0.931. The lowest BCUT2D eigenvalue weighted by molar-refractivity contribution is -0.136. The van der Waals surface area contributed by atoms with Crippen molar-refractivity contribution in [1.29, 1.82) is 0 Å². The van der Waals surface area contributed by atoms with Crippen molar-refractivity contribution in [3.8, 4) is 0 Å². The molecule has 8 heteroatoms. The predicted octanol–water partition coefficient (Wildman–Crippen LogP) is 0.252. The molecule has 4 rings (SSSR count). The minimum absolute atomic E-state index is 0.116. The van der Waals surface area contributed by atoms with Crippen LogP contribution in [0.2, 0.25) is 0 Å². The van der Waals surface area contributed by atoms with Crippen molar-refractivity contribution in [1.82, 2.24) is 15.5 Å². The lowest BCUT2D eigenvalue weighted by atomic mass is 10.0. The van der Waals surface area contributed by atoms with Gasteiger partial charge in [-0.3, -0.25) is 29.4 Å². The SMILES string of the molecule is O=C1CCC(N2C(=O)c3ccc(N[C@@H]4CCCNC4)cc3C2=O)C(=O)N1. The highest BCUT2D eigenvalue weighted by Crippen LogP contribution is 2.29. The quantitative estimate of drug-likeness (QED) is 0.670. The van der Waals surface area contributed by atoms with Gasteiger partial charge in [-0.15, -0.1) is 0 Å². The maximum absolute atomic E-state index is 12.8. The number of hydrogen-bond donors (Lipinski definition) is 3. The number of nitrogens with one attached hydrogen (secondary N) is 3. The van der Waals surface area contributed by atoms with Gasteiger partial charge in [0, 0.05) is 24.7 Å². The molecule has 0 aliphatic carbocycles. The Kier molecular flexibility index (Phi) is 4.20. The number of piperidine rings is 2. The number of hydrogen-bond acceptors (Lipinski definition) is 6. The average molecular weight is 356 g/mol. The summed E-state index contributed by atoms with van der Waals surface area (Å²) in [7, 11) is 0. The summed E-state index contributed by atoms with van der Waals surface area (Å²) in [5.74, 6) is -1.94. The van der Waals surface area contributed by atoms with E-state index in [2.05, 4.69) is 16.0 Å². The van der Waals surface area contributed by atoms with E-state index < -0.39 is 23.8 Å². The molecule has 4 amide bonds. The van der Waals surface area contributed by atoms with Crippen molar-refractivity contribution < 1.29 is 19.2 Å². The lowest BCUT2D eigenvalue weighted by Gasteiger charge is -2.27. The van der Waals surface area contributed by atoms with Crippen molar-refractivity contribution in [2.24, 2.45) is 0 Å². The number of nitrogens with zero attached hydrogens (tertiary/aromatic N) is 1. The number of benzene rings is 1. The van der Waals surface area contributed by atoms with Gasteiger partial charge in [0.1, 0.15) is 6.04 Å². The van der Waals surface area contributed by atoms with Gasteiger partial charge in [-0.1, -0.05) is 0 Å². The molecule has 1 aromatic carbocycles. The number of anilines is 1. The van der Waals surface area contributed by atoms with Gasteiger partial charge < -0.3 is 10.6 Å². The highest BCUT2D eigenvalue weighted by Gasteiger charge is 2.44. The van der Waals surface area contributed by atoms with Gasteiger partial charge in [-0.2, -0.15) is 0 Å².